The van der Waals surface area contributed by atoms with Crippen molar-refractivity contribution in [2.75, 3.05) is 0 Å². The van der Waals surface area contributed by atoms with Crippen LogP contribution in [-0.4, -0.2) is 31.9 Å². The van der Waals surface area contributed by atoms with Crippen molar-refractivity contribution in [1.29, 1.82) is 0 Å². The van der Waals surface area contributed by atoms with Crippen LogP contribution in [0, 0.1) is 17.8 Å². The lowest BCUT2D eigenvalue weighted by Crippen LogP contribution is -2.59. The van der Waals surface area contributed by atoms with Crippen molar-refractivity contribution >= 4 is 19.3 Å². The minimum absolute atomic E-state index is 0.0371. The Labute approximate surface area is 164 Å². The Morgan fingerprint density at radius 2 is 1.81 bits per heavy atom. The van der Waals surface area contributed by atoms with Crippen LogP contribution in [0.2, 0.25) is 13.1 Å². The van der Waals surface area contributed by atoms with Gasteiger partial charge in [0.2, 0.25) is 8.32 Å². The standard InChI is InChI=1S/C23H32O3Si/c1-16-20-14-15-23(25-20,17(2)22(16)24)19-12-8-9-13-21(19)26-27(3,4)18-10-6-5-7-11-18/h5-7,10-11,14-17,19-21H,8-9,12-13H2,1-4H3/t16-,17-,19-,20-,21-,23-/m0/s1. The minimum Gasteiger partial charge on any atom is -0.410 e. The second-order valence-electron chi connectivity index (χ2n) is 9.13. The number of rotatable bonds is 4. The molecule has 0 aromatic heterocycles. The van der Waals surface area contributed by atoms with Crippen LogP contribution in [0.4, 0.5) is 0 Å². The van der Waals surface area contributed by atoms with Gasteiger partial charge in [0.25, 0.3) is 0 Å². The molecule has 1 aromatic rings. The lowest BCUT2D eigenvalue weighted by molar-refractivity contribution is -0.180. The minimum atomic E-state index is -2.02. The molecule has 4 rings (SSSR count). The maximum absolute atomic E-state index is 12.9. The van der Waals surface area contributed by atoms with Gasteiger partial charge in [0.1, 0.15) is 11.4 Å². The predicted molar refractivity (Wildman–Crippen MR) is 110 cm³/mol. The van der Waals surface area contributed by atoms with Crippen molar-refractivity contribution in [2.24, 2.45) is 17.8 Å². The largest absolute Gasteiger partial charge is 0.410 e. The second kappa shape index (κ2) is 6.98. The molecule has 2 heterocycles. The molecule has 1 aliphatic carbocycles. The summed E-state index contributed by atoms with van der Waals surface area (Å²) < 4.78 is 13.5. The van der Waals surface area contributed by atoms with Crippen LogP contribution in [0.1, 0.15) is 39.5 Å². The van der Waals surface area contributed by atoms with Crippen molar-refractivity contribution in [1.82, 2.24) is 0 Å². The Morgan fingerprint density at radius 1 is 1.11 bits per heavy atom. The molecule has 0 unspecified atom stereocenters. The van der Waals surface area contributed by atoms with Crippen molar-refractivity contribution < 1.29 is 14.0 Å². The van der Waals surface area contributed by atoms with Crippen molar-refractivity contribution in [3.8, 4) is 0 Å². The van der Waals surface area contributed by atoms with Gasteiger partial charge in [-0.3, -0.25) is 4.79 Å². The highest BCUT2D eigenvalue weighted by molar-refractivity contribution is 6.84. The van der Waals surface area contributed by atoms with Gasteiger partial charge >= 0.3 is 0 Å². The van der Waals surface area contributed by atoms with E-state index in [-0.39, 0.29) is 30.0 Å². The molecule has 1 aromatic carbocycles. The molecule has 3 nitrogen and oxygen atoms in total. The van der Waals surface area contributed by atoms with Gasteiger partial charge in [0.05, 0.1) is 12.2 Å². The Balaban J connectivity index is 1.62. The fourth-order valence-corrected chi connectivity index (χ4v) is 7.60. The molecule has 0 radical (unpaired) electrons. The van der Waals surface area contributed by atoms with Gasteiger partial charge in [-0.2, -0.15) is 0 Å². The van der Waals surface area contributed by atoms with E-state index in [1.54, 1.807) is 0 Å². The van der Waals surface area contributed by atoms with Gasteiger partial charge in [-0.1, -0.05) is 69.2 Å². The lowest BCUT2D eigenvalue weighted by atomic mass is 9.67. The van der Waals surface area contributed by atoms with Crippen LogP contribution in [0.25, 0.3) is 0 Å². The van der Waals surface area contributed by atoms with Gasteiger partial charge in [0, 0.05) is 17.8 Å². The first-order valence-corrected chi connectivity index (χ1v) is 13.4. The molecule has 1 saturated heterocycles. The molecule has 27 heavy (non-hydrogen) atoms. The summed E-state index contributed by atoms with van der Waals surface area (Å²) in [6, 6.07) is 10.6. The topological polar surface area (TPSA) is 35.5 Å². The number of fused-ring (bicyclic) bond motifs is 2. The quantitative estimate of drug-likeness (QED) is 0.576. The molecule has 0 amide bonds. The number of carbonyl (C=O) groups is 1. The zero-order valence-corrected chi connectivity index (χ0v) is 18.0. The smallest absolute Gasteiger partial charge is 0.218 e. The molecular formula is C23H32O3Si. The third-order valence-corrected chi connectivity index (χ3v) is 9.74. The van der Waals surface area contributed by atoms with Crippen molar-refractivity contribution in [3.05, 3.63) is 42.5 Å². The third kappa shape index (κ3) is 3.16. The Kier molecular flexibility index (Phi) is 4.94. The Hall–Kier alpha value is -1.23. The fraction of sp³-hybridized carbons (Fsp3) is 0.609. The van der Waals surface area contributed by atoms with Crippen molar-refractivity contribution in [3.63, 3.8) is 0 Å². The highest BCUT2D eigenvalue weighted by Crippen LogP contribution is 2.50. The summed E-state index contributed by atoms with van der Waals surface area (Å²) in [6.45, 7) is 8.65. The van der Waals surface area contributed by atoms with E-state index in [0.717, 1.165) is 12.8 Å². The third-order valence-electron chi connectivity index (χ3n) is 7.13. The maximum atomic E-state index is 12.9. The molecule has 0 N–H and O–H groups in total. The average molecular weight is 385 g/mol. The van der Waals surface area contributed by atoms with E-state index >= 15 is 0 Å². The van der Waals surface area contributed by atoms with E-state index in [0.29, 0.717) is 5.78 Å². The normalized spacial score (nSPS) is 39.0. The summed E-state index contributed by atoms with van der Waals surface area (Å²) in [5.74, 6) is 0.470. The predicted octanol–water partition coefficient (Wildman–Crippen LogP) is 4.22. The van der Waals surface area contributed by atoms with E-state index in [1.807, 2.05) is 6.92 Å². The van der Waals surface area contributed by atoms with Crippen LogP contribution < -0.4 is 5.19 Å². The fourth-order valence-electron chi connectivity index (χ4n) is 5.43. The summed E-state index contributed by atoms with van der Waals surface area (Å²) in [5, 5.41) is 1.33. The first-order chi connectivity index (χ1) is 12.8. The molecule has 0 spiro atoms. The van der Waals surface area contributed by atoms with Crippen LogP contribution in [-0.2, 0) is 14.0 Å². The van der Waals surface area contributed by atoms with Crippen molar-refractivity contribution in [2.45, 2.75) is 70.4 Å². The molecule has 6 atom stereocenters. The molecule has 146 valence electrons. The average Bonchev–Trinajstić information content (AvgIpc) is 3.10. The van der Waals surface area contributed by atoms with Gasteiger partial charge in [-0.25, -0.2) is 0 Å². The van der Waals surface area contributed by atoms with Gasteiger partial charge in [0.15, 0.2) is 0 Å². The van der Waals surface area contributed by atoms with E-state index in [4.69, 9.17) is 9.16 Å². The number of hydrogen-bond acceptors (Lipinski definition) is 3. The lowest BCUT2D eigenvalue weighted by Gasteiger charge is -2.50. The van der Waals surface area contributed by atoms with Crippen LogP contribution in [0.15, 0.2) is 42.5 Å². The molecule has 2 aliphatic heterocycles. The Morgan fingerprint density at radius 3 is 2.56 bits per heavy atom. The Bertz CT molecular complexity index is 728. The van der Waals surface area contributed by atoms with Crippen LogP contribution in [0.3, 0.4) is 0 Å². The summed E-state index contributed by atoms with van der Waals surface area (Å²) >= 11 is 0. The second-order valence-corrected chi connectivity index (χ2v) is 13.0. The highest BCUT2D eigenvalue weighted by Gasteiger charge is 2.58. The number of ether oxygens (including phenoxy) is 1. The first-order valence-electron chi connectivity index (χ1n) is 10.5. The van der Waals surface area contributed by atoms with E-state index in [2.05, 4.69) is 62.5 Å². The number of carbonyl (C=O) groups excluding carboxylic acids is 1. The van der Waals surface area contributed by atoms with Gasteiger partial charge < -0.3 is 9.16 Å². The number of Topliss-reactive ketones (excluding diaryl/α,β-unsaturated/α-hetero) is 1. The van der Waals surface area contributed by atoms with Crippen LogP contribution >= 0.6 is 0 Å². The first kappa shape index (κ1) is 19.1. The van der Waals surface area contributed by atoms with E-state index in [1.165, 1.54) is 18.0 Å². The maximum Gasteiger partial charge on any atom is 0.218 e. The number of ketones is 1. The summed E-state index contributed by atoms with van der Waals surface area (Å²) in [4.78, 5) is 12.9. The van der Waals surface area contributed by atoms with Crippen LogP contribution in [0.5, 0.6) is 0 Å². The highest BCUT2D eigenvalue weighted by atomic mass is 28.4. The van der Waals surface area contributed by atoms with Gasteiger partial charge in [-0.15, -0.1) is 0 Å². The zero-order valence-electron chi connectivity index (χ0n) is 17.0. The molecule has 2 bridgehead atoms. The number of benzene rings is 1. The SMILES string of the molecule is C[C@@H]1C(=O)[C@H](C)[C@]2([C@H]3CCCC[C@@H]3O[Si](C)(C)c3ccccc3)C=C[C@@H]1O2. The summed E-state index contributed by atoms with van der Waals surface area (Å²) in [5.41, 5.74) is -0.472. The monoisotopic (exact) mass is 384 g/mol. The number of hydrogen-bond donors (Lipinski definition) is 0. The molecule has 2 fully saturated rings. The molecule has 3 aliphatic rings. The zero-order chi connectivity index (χ0) is 19.2. The van der Waals surface area contributed by atoms with E-state index < -0.39 is 13.9 Å². The van der Waals surface area contributed by atoms with Gasteiger partial charge in [-0.05, 0) is 31.1 Å². The molecular weight excluding hydrogens is 352 g/mol. The summed E-state index contributed by atoms with van der Waals surface area (Å²) in [6.07, 6.45) is 8.98. The summed E-state index contributed by atoms with van der Waals surface area (Å²) in [7, 11) is -2.02. The molecule has 4 heteroatoms. The van der Waals surface area contributed by atoms with E-state index in [9.17, 15) is 4.79 Å². The molecule has 1 saturated carbocycles.